The minimum atomic E-state index is -1.24. The lowest BCUT2D eigenvalue weighted by molar-refractivity contribution is -0.148. The Hall–Kier alpha value is -3.48. The third-order valence-electron chi connectivity index (χ3n) is 11.3. The standard InChI is InChI=1S/C24H32O7.C21H28O7.CH4/c1-15-22(28-13-16-8-5-4-6-9-16)19(12-17-14-29-24(2,3)31-17)30-23(15)21(26)20(25)18-10-7-11-27-18;1-13-20(27-12-14-6-3-2-4-7-14)17(10-15(23)11-22)28-21(13)19(25)18(24)16-8-5-9-26-16;/h4-11,15,17,19-23,25-26H,12-14H2,1-3H3;2-9,13,15,17-25H,10-12H2,1H3;1H4/t15-,17?,19-,20+,21-,22-,23-;13-,15?,17-,18+,19-,20-,21-;/m11./s1. The van der Waals surface area contributed by atoms with Crippen molar-refractivity contribution in [3.63, 3.8) is 0 Å². The summed E-state index contributed by atoms with van der Waals surface area (Å²) < 4.78 is 46.7. The topological polar surface area (TPSA) is 203 Å². The fraction of sp³-hybridized carbons (Fsp3) is 0.565. The molecular weight excluding hydrogens is 776 g/mol. The van der Waals surface area contributed by atoms with E-state index in [1.807, 2.05) is 88.4 Å². The van der Waals surface area contributed by atoms with Gasteiger partial charge in [-0.05, 0) is 49.2 Å². The van der Waals surface area contributed by atoms with Crippen molar-refractivity contribution >= 4 is 0 Å². The van der Waals surface area contributed by atoms with Crippen LogP contribution in [-0.4, -0.2) is 111 Å². The van der Waals surface area contributed by atoms with Crippen LogP contribution in [0.5, 0.6) is 0 Å². The maximum absolute atomic E-state index is 10.9. The van der Waals surface area contributed by atoms with Gasteiger partial charge in [0.15, 0.2) is 5.79 Å². The molecule has 3 saturated heterocycles. The fourth-order valence-corrected chi connectivity index (χ4v) is 8.17. The van der Waals surface area contributed by atoms with E-state index in [9.17, 15) is 30.6 Å². The molecule has 0 saturated carbocycles. The highest BCUT2D eigenvalue weighted by molar-refractivity contribution is 5.15. The average Bonchev–Trinajstić information content (AvgIpc) is 4.10. The molecule has 2 aromatic heterocycles. The molecule has 14 nitrogen and oxygen atoms in total. The Balaban J connectivity index is 0.000000225. The van der Waals surface area contributed by atoms with E-state index >= 15 is 0 Å². The fourth-order valence-electron chi connectivity index (χ4n) is 8.17. The Morgan fingerprint density at radius 3 is 1.55 bits per heavy atom. The van der Waals surface area contributed by atoms with Crippen LogP contribution in [0.3, 0.4) is 0 Å². The molecular formula is C46H64O14. The quantitative estimate of drug-likeness (QED) is 0.0805. The predicted molar refractivity (Wildman–Crippen MR) is 219 cm³/mol. The lowest BCUT2D eigenvalue weighted by Gasteiger charge is -2.25. The summed E-state index contributed by atoms with van der Waals surface area (Å²) in [6.45, 7) is 8.53. The van der Waals surface area contributed by atoms with Gasteiger partial charge >= 0.3 is 0 Å². The van der Waals surface area contributed by atoms with Crippen LogP contribution in [0.15, 0.2) is 106 Å². The van der Waals surface area contributed by atoms with Crippen molar-refractivity contribution < 1.29 is 67.9 Å². The lowest BCUT2D eigenvalue weighted by atomic mass is 9.91. The summed E-state index contributed by atoms with van der Waals surface area (Å²) in [5.74, 6) is -0.460. The summed E-state index contributed by atoms with van der Waals surface area (Å²) in [5, 5.41) is 61.6. The van der Waals surface area contributed by atoms with Crippen LogP contribution in [0.25, 0.3) is 0 Å². The molecule has 7 rings (SSSR count). The molecule has 0 spiro atoms. The predicted octanol–water partition coefficient (Wildman–Crippen LogP) is 5.25. The first-order valence-electron chi connectivity index (χ1n) is 20.4. The van der Waals surface area contributed by atoms with Gasteiger partial charge in [-0.15, -0.1) is 0 Å². The summed E-state index contributed by atoms with van der Waals surface area (Å²) >= 11 is 0. The molecule has 3 aliphatic rings. The van der Waals surface area contributed by atoms with Gasteiger partial charge in [-0.2, -0.15) is 0 Å². The largest absolute Gasteiger partial charge is 0.466 e. The maximum atomic E-state index is 10.9. The Bertz CT molecular complexity index is 1760. The highest BCUT2D eigenvalue weighted by Gasteiger charge is 2.50. The van der Waals surface area contributed by atoms with Crippen LogP contribution in [0.4, 0.5) is 0 Å². The molecule has 5 heterocycles. The number of rotatable bonds is 17. The van der Waals surface area contributed by atoms with E-state index in [0.29, 0.717) is 32.0 Å². The van der Waals surface area contributed by atoms with E-state index in [0.717, 1.165) is 11.1 Å². The van der Waals surface area contributed by atoms with Crippen LogP contribution < -0.4 is 0 Å². The first-order chi connectivity index (χ1) is 28.3. The van der Waals surface area contributed by atoms with Gasteiger partial charge in [-0.1, -0.05) is 81.9 Å². The van der Waals surface area contributed by atoms with Crippen molar-refractivity contribution in [3.8, 4) is 0 Å². The molecule has 14 heteroatoms. The molecule has 60 heavy (non-hydrogen) atoms. The van der Waals surface area contributed by atoms with Gasteiger partial charge in [0.05, 0.1) is 87.8 Å². The summed E-state index contributed by atoms with van der Waals surface area (Å²) in [6.07, 6.45) is -5.05. The first-order valence-corrected chi connectivity index (χ1v) is 20.4. The third-order valence-corrected chi connectivity index (χ3v) is 11.3. The van der Waals surface area contributed by atoms with Crippen LogP contribution in [0, 0.1) is 11.8 Å². The highest BCUT2D eigenvalue weighted by Crippen LogP contribution is 2.40. The average molecular weight is 841 g/mol. The van der Waals surface area contributed by atoms with E-state index in [1.54, 1.807) is 24.3 Å². The molecule has 2 aromatic carbocycles. The second kappa shape index (κ2) is 22.0. The monoisotopic (exact) mass is 840 g/mol. The maximum Gasteiger partial charge on any atom is 0.163 e. The van der Waals surface area contributed by atoms with Crippen molar-refractivity contribution in [3.05, 3.63) is 120 Å². The first kappa shape index (κ1) is 47.6. The minimum Gasteiger partial charge on any atom is -0.466 e. The van der Waals surface area contributed by atoms with Gasteiger partial charge in [0.2, 0.25) is 0 Å². The van der Waals surface area contributed by atoms with Crippen LogP contribution in [-0.2, 0) is 41.6 Å². The normalized spacial score (nSPS) is 29.8. The molecule has 0 radical (unpaired) electrons. The number of furan rings is 2. The zero-order chi connectivity index (χ0) is 42.1. The van der Waals surface area contributed by atoms with Crippen LogP contribution in [0.2, 0.25) is 0 Å². The second-order valence-electron chi connectivity index (χ2n) is 16.2. The van der Waals surface area contributed by atoms with E-state index in [4.69, 9.17) is 37.3 Å². The number of aliphatic hydroxyl groups excluding tert-OH is 6. The summed E-state index contributed by atoms with van der Waals surface area (Å²) in [5.41, 5.74) is 2.06. The second-order valence-corrected chi connectivity index (χ2v) is 16.2. The molecule has 3 aliphatic heterocycles. The zero-order valence-electron chi connectivity index (χ0n) is 34.0. The summed E-state index contributed by atoms with van der Waals surface area (Å²) in [6, 6.07) is 26.2. The van der Waals surface area contributed by atoms with Gasteiger partial charge in [-0.25, -0.2) is 0 Å². The van der Waals surface area contributed by atoms with E-state index < -0.39 is 60.7 Å². The number of hydrogen-bond donors (Lipinski definition) is 6. The Labute approximate surface area is 352 Å². The molecule has 2 unspecified atom stereocenters. The molecule has 0 amide bonds. The molecule has 3 fully saturated rings. The van der Waals surface area contributed by atoms with Gasteiger partial charge in [0, 0.05) is 24.7 Å². The van der Waals surface area contributed by atoms with Gasteiger partial charge in [0.1, 0.15) is 35.9 Å². The van der Waals surface area contributed by atoms with Gasteiger partial charge in [-0.3, -0.25) is 0 Å². The Kier molecular flexibility index (Phi) is 17.5. The van der Waals surface area contributed by atoms with Crippen LogP contribution in [0.1, 0.15) is 82.8 Å². The number of ether oxygens (including phenoxy) is 6. The Morgan fingerprint density at radius 1 is 0.667 bits per heavy atom. The van der Waals surface area contributed by atoms with Crippen molar-refractivity contribution in [1.82, 2.24) is 0 Å². The molecule has 4 aromatic rings. The SMILES string of the molecule is C.C[C@H]1[C@H]([C@H](O)[C@@H](O)c2ccco2)O[C@H](CC(O)CO)[C@@H]1OCc1ccccc1.C[C@H]1[C@H]([C@H](O)[C@@H](O)c2ccco2)O[C@H](CC2COC(C)(C)O2)[C@@H]1OCc1ccccc1. The van der Waals surface area contributed by atoms with Crippen molar-refractivity contribution in [2.45, 2.75) is 140 Å². The van der Waals surface area contributed by atoms with Crippen molar-refractivity contribution in [2.75, 3.05) is 13.2 Å². The molecule has 0 aliphatic carbocycles. The van der Waals surface area contributed by atoms with E-state index in [1.165, 1.54) is 12.5 Å². The number of aliphatic hydroxyl groups is 6. The van der Waals surface area contributed by atoms with Crippen LogP contribution >= 0.6 is 0 Å². The van der Waals surface area contributed by atoms with E-state index in [2.05, 4.69) is 0 Å². The van der Waals surface area contributed by atoms with E-state index in [-0.39, 0.29) is 56.4 Å². The third kappa shape index (κ3) is 12.1. The molecule has 0 bridgehead atoms. The highest BCUT2D eigenvalue weighted by atomic mass is 16.7. The lowest BCUT2D eigenvalue weighted by Crippen LogP contribution is -2.37. The van der Waals surface area contributed by atoms with Crippen molar-refractivity contribution in [2.24, 2.45) is 11.8 Å². The number of benzene rings is 2. The molecule has 6 N–H and O–H groups in total. The zero-order valence-corrected chi connectivity index (χ0v) is 34.0. The van der Waals surface area contributed by atoms with Gasteiger partial charge in [0.25, 0.3) is 0 Å². The van der Waals surface area contributed by atoms with Crippen molar-refractivity contribution in [1.29, 1.82) is 0 Å². The molecule has 14 atom stereocenters. The number of hydrogen-bond acceptors (Lipinski definition) is 14. The summed E-state index contributed by atoms with van der Waals surface area (Å²) in [7, 11) is 0. The molecule has 332 valence electrons. The smallest absolute Gasteiger partial charge is 0.163 e. The van der Waals surface area contributed by atoms with Gasteiger partial charge < -0.3 is 67.9 Å². The minimum absolute atomic E-state index is 0. The Morgan fingerprint density at radius 2 is 1.13 bits per heavy atom. The summed E-state index contributed by atoms with van der Waals surface area (Å²) in [4.78, 5) is 0.